The molecule has 5 rings (SSSR count). The lowest BCUT2D eigenvalue weighted by atomic mass is 9.98. The number of H-pyrrole nitrogens is 1. The maximum absolute atomic E-state index is 13.2. The molecule has 3 aromatic rings. The van der Waals surface area contributed by atoms with Gasteiger partial charge in [0, 0.05) is 41.2 Å². The molecule has 0 aliphatic heterocycles. The zero-order chi connectivity index (χ0) is 20.5. The Labute approximate surface area is 176 Å². The second-order valence-electron chi connectivity index (χ2n) is 8.37. The van der Waals surface area contributed by atoms with Crippen molar-refractivity contribution in [2.24, 2.45) is 0 Å². The summed E-state index contributed by atoms with van der Waals surface area (Å²) < 4.78 is 5.20. The number of likely N-dealkylation sites (N-methyl/N-ethyl adjacent to an activating group) is 1. The average molecular weight is 405 g/mol. The summed E-state index contributed by atoms with van der Waals surface area (Å²) in [6, 6.07) is 10.1. The molecular formula is C24H28N4O2. The Kier molecular flexibility index (Phi) is 5.07. The van der Waals surface area contributed by atoms with Crippen LogP contribution in [0.5, 0.6) is 0 Å². The Bertz CT molecular complexity index is 1040. The van der Waals surface area contributed by atoms with Crippen molar-refractivity contribution < 1.29 is 9.32 Å². The summed E-state index contributed by atoms with van der Waals surface area (Å²) in [5.74, 6) is 0.643. The van der Waals surface area contributed by atoms with E-state index in [4.69, 9.17) is 4.52 Å². The molecule has 2 heterocycles. The van der Waals surface area contributed by atoms with Crippen molar-refractivity contribution in [3.05, 3.63) is 65.3 Å². The number of allylic oxidation sites excluding steroid dienone is 1. The number of nitrogens with one attached hydrogen (secondary N) is 2. The first-order valence-electron chi connectivity index (χ1n) is 11.0. The van der Waals surface area contributed by atoms with Crippen LogP contribution in [0.15, 0.2) is 52.9 Å². The molecule has 1 aromatic carbocycles. The van der Waals surface area contributed by atoms with Gasteiger partial charge in [0.1, 0.15) is 12.0 Å². The van der Waals surface area contributed by atoms with Gasteiger partial charge in [-0.05, 0) is 57.2 Å². The number of para-hydroxylation sites is 1. The first-order chi connectivity index (χ1) is 14.7. The minimum atomic E-state index is 0.0613. The van der Waals surface area contributed by atoms with Crippen LogP contribution >= 0.6 is 0 Å². The van der Waals surface area contributed by atoms with Crippen molar-refractivity contribution in [2.75, 3.05) is 6.54 Å². The van der Waals surface area contributed by atoms with Gasteiger partial charge in [-0.25, -0.2) is 0 Å². The van der Waals surface area contributed by atoms with Gasteiger partial charge < -0.3 is 19.7 Å². The van der Waals surface area contributed by atoms with Gasteiger partial charge in [-0.1, -0.05) is 23.4 Å². The Balaban J connectivity index is 1.30. The Morgan fingerprint density at radius 2 is 2.17 bits per heavy atom. The maximum atomic E-state index is 13.2. The number of fused-ring (bicyclic) bond motifs is 1. The second-order valence-corrected chi connectivity index (χ2v) is 8.37. The van der Waals surface area contributed by atoms with E-state index in [-0.39, 0.29) is 11.9 Å². The highest BCUT2D eigenvalue weighted by Crippen LogP contribution is 2.40. The van der Waals surface area contributed by atoms with Gasteiger partial charge >= 0.3 is 0 Å². The number of aromatic amines is 1. The molecule has 1 amide bonds. The number of carbonyl (C=O) groups is 1. The third-order valence-electron chi connectivity index (χ3n) is 6.25. The SMILES string of the molecule is CCN(C(=O)c1cc2ccccc2[nH]1)[C@@H]1C=C(NCc2conc2C2CC2)CCC1. The molecule has 2 aromatic heterocycles. The lowest BCUT2D eigenvalue weighted by Gasteiger charge is -2.32. The minimum absolute atomic E-state index is 0.0613. The van der Waals surface area contributed by atoms with Crippen molar-refractivity contribution in [3.8, 4) is 0 Å². The largest absolute Gasteiger partial charge is 0.384 e. The van der Waals surface area contributed by atoms with Gasteiger partial charge in [0.15, 0.2) is 0 Å². The highest BCUT2D eigenvalue weighted by atomic mass is 16.5. The molecular weight excluding hydrogens is 376 g/mol. The predicted molar refractivity (Wildman–Crippen MR) is 116 cm³/mol. The molecule has 0 radical (unpaired) electrons. The van der Waals surface area contributed by atoms with E-state index >= 15 is 0 Å². The van der Waals surface area contributed by atoms with Gasteiger partial charge in [0.2, 0.25) is 0 Å². The van der Waals surface area contributed by atoms with E-state index in [1.54, 1.807) is 6.26 Å². The van der Waals surface area contributed by atoms with E-state index in [1.807, 2.05) is 35.2 Å². The van der Waals surface area contributed by atoms with Crippen LogP contribution in [0, 0.1) is 0 Å². The minimum Gasteiger partial charge on any atom is -0.384 e. The van der Waals surface area contributed by atoms with Crippen LogP contribution in [0.2, 0.25) is 0 Å². The smallest absolute Gasteiger partial charge is 0.270 e. The zero-order valence-corrected chi connectivity index (χ0v) is 17.4. The van der Waals surface area contributed by atoms with E-state index in [0.717, 1.165) is 48.0 Å². The van der Waals surface area contributed by atoms with Gasteiger partial charge in [0.25, 0.3) is 5.91 Å². The monoisotopic (exact) mass is 404 g/mol. The lowest BCUT2D eigenvalue weighted by Crippen LogP contribution is -2.41. The number of aromatic nitrogens is 2. The quantitative estimate of drug-likeness (QED) is 0.597. The van der Waals surface area contributed by atoms with Gasteiger partial charge in [-0.15, -0.1) is 0 Å². The predicted octanol–water partition coefficient (Wildman–Crippen LogP) is 4.72. The van der Waals surface area contributed by atoms with Crippen LogP contribution in [0.25, 0.3) is 10.9 Å². The van der Waals surface area contributed by atoms with Crippen molar-refractivity contribution in [1.82, 2.24) is 20.4 Å². The zero-order valence-electron chi connectivity index (χ0n) is 17.4. The fourth-order valence-corrected chi connectivity index (χ4v) is 4.47. The average Bonchev–Trinajstić information content (AvgIpc) is 3.34. The van der Waals surface area contributed by atoms with Crippen LogP contribution in [0.4, 0.5) is 0 Å². The van der Waals surface area contributed by atoms with E-state index in [9.17, 15) is 4.79 Å². The van der Waals surface area contributed by atoms with Crippen LogP contribution in [-0.2, 0) is 6.54 Å². The molecule has 1 fully saturated rings. The van der Waals surface area contributed by atoms with Gasteiger partial charge in [-0.2, -0.15) is 0 Å². The van der Waals surface area contributed by atoms with Crippen LogP contribution in [-0.4, -0.2) is 33.5 Å². The van der Waals surface area contributed by atoms with Gasteiger partial charge in [-0.3, -0.25) is 4.79 Å². The first-order valence-corrected chi connectivity index (χ1v) is 11.0. The summed E-state index contributed by atoms with van der Waals surface area (Å²) >= 11 is 0. The van der Waals surface area contributed by atoms with E-state index in [2.05, 4.69) is 28.5 Å². The van der Waals surface area contributed by atoms with E-state index in [1.165, 1.54) is 18.5 Å². The standard InChI is InChI=1S/C24H28N4O2/c1-2-28(24(29)22-12-17-6-3-4-9-21(17)26-22)20-8-5-7-19(13-20)25-14-18-15-30-27-23(18)16-10-11-16/h3-4,6,9,12-13,15-16,20,25-26H,2,5,7-8,10-11,14H2,1H3/t20-/m0/s1. The number of hydrogen-bond donors (Lipinski definition) is 2. The normalized spacial score (nSPS) is 19.0. The first kappa shape index (κ1) is 19.0. The molecule has 0 bridgehead atoms. The molecule has 1 saturated carbocycles. The molecule has 1 atom stereocenters. The van der Waals surface area contributed by atoms with Crippen LogP contribution < -0.4 is 5.32 Å². The van der Waals surface area contributed by atoms with Crippen molar-refractivity contribution in [1.29, 1.82) is 0 Å². The number of amides is 1. The molecule has 2 aliphatic carbocycles. The van der Waals surface area contributed by atoms with Crippen LogP contribution in [0.3, 0.4) is 0 Å². The molecule has 30 heavy (non-hydrogen) atoms. The van der Waals surface area contributed by atoms with E-state index in [0.29, 0.717) is 18.2 Å². The second kappa shape index (κ2) is 8.01. The number of hydrogen-bond acceptors (Lipinski definition) is 4. The van der Waals surface area contributed by atoms with Crippen molar-refractivity contribution >= 4 is 16.8 Å². The molecule has 2 aliphatic rings. The molecule has 2 N–H and O–H groups in total. The van der Waals surface area contributed by atoms with E-state index < -0.39 is 0 Å². The number of benzene rings is 1. The number of rotatable bonds is 7. The molecule has 0 spiro atoms. The Morgan fingerprint density at radius 1 is 1.30 bits per heavy atom. The Morgan fingerprint density at radius 3 is 2.97 bits per heavy atom. The summed E-state index contributed by atoms with van der Waals surface area (Å²) in [5.41, 5.74) is 5.13. The topological polar surface area (TPSA) is 74.2 Å². The fourth-order valence-electron chi connectivity index (χ4n) is 4.47. The lowest BCUT2D eigenvalue weighted by molar-refractivity contribution is 0.0706. The number of carbonyl (C=O) groups excluding carboxylic acids is 1. The Hall–Kier alpha value is -3.02. The summed E-state index contributed by atoms with van der Waals surface area (Å²) in [4.78, 5) is 18.5. The third-order valence-corrected chi connectivity index (χ3v) is 6.25. The molecule has 0 unspecified atom stereocenters. The maximum Gasteiger partial charge on any atom is 0.270 e. The molecule has 6 nitrogen and oxygen atoms in total. The van der Waals surface area contributed by atoms with Gasteiger partial charge in [0.05, 0.1) is 11.7 Å². The van der Waals surface area contributed by atoms with Crippen molar-refractivity contribution in [3.63, 3.8) is 0 Å². The highest BCUT2D eigenvalue weighted by molar-refractivity contribution is 5.98. The molecule has 156 valence electrons. The van der Waals surface area contributed by atoms with Crippen molar-refractivity contribution in [2.45, 2.75) is 57.5 Å². The summed E-state index contributed by atoms with van der Waals surface area (Å²) in [5, 5.41) is 8.82. The number of nitrogens with zero attached hydrogens (tertiary/aromatic N) is 2. The summed E-state index contributed by atoms with van der Waals surface area (Å²) in [7, 11) is 0. The van der Waals surface area contributed by atoms with Crippen LogP contribution in [0.1, 0.15) is 66.7 Å². The fraction of sp³-hybridized carbons (Fsp3) is 0.417. The molecule has 6 heteroatoms. The molecule has 0 saturated heterocycles. The summed E-state index contributed by atoms with van der Waals surface area (Å²) in [6.07, 6.45) is 9.50. The summed E-state index contributed by atoms with van der Waals surface area (Å²) in [6.45, 7) is 3.46. The highest BCUT2D eigenvalue weighted by Gasteiger charge is 2.29. The third kappa shape index (κ3) is 3.74.